The first-order chi connectivity index (χ1) is 11.1. The van der Waals surface area contributed by atoms with Crippen LogP contribution in [0, 0.1) is 13.8 Å². The topological polar surface area (TPSA) is 74.2 Å². The van der Waals surface area contributed by atoms with Crippen molar-refractivity contribution in [2.45, 2.75) is 31.4 Å². The number of halogens is 1. The van der Waals surface area contributed by atoms with Crippen LogP contribution in [0.4, 0.5) is 0 Å². The molecule has 0 spiro atoms. The van der Waals surface area contributed by atoms with Crippen molar-refractivity contribution in [2.75, 3.05) is 0 Å². The third-order valence-corrected chi connectivity index (χ3v) is 4.24. The molecule has 0 saturated carbocycles. The van der Waals surface area contributed by atoms with Crippen LogP contribution in [0.25, 0.3) is 0 Å². The Morgan fingerprint density at radius 3 is 2.65 bits per heavy atom. The lowest BCUT2D eigenvalue weighted by Crippen LogP contribution is -1.95. The maximum absolute atomic E-state index is 5.82. The summed E-state index contributed by atoms with van der Waals surface area (Å²) in [6.45, 7) is 4.00. The summed E-state index contributed by atoms with van der Waals surface area (Å²) < 4.78 is 16.2. The Hall–Kier alpha value is -1.99. The van der Waals surface area contributed by atoms with Gasteiger partial charge in [0.1, 0.15) is 11.5 Å². The van der Waals surface area contributed by atoms with Gasteiger partial charge in [-0.25, -0.2) is 0 Å². The normalized spacial score (nSPS) is 10.9. The van der Waals surface area contributed by atoms with E-state index < -0.39 is 0 Å². The number of aromatic nitrogens is 3. The van der Waals surface area contributed by atoms with Gasteiger partial charge < -0.3 is 13.7 Å². The molecule has 0 radical (unpaired) electrons. The summed E-state index contributed by atoms with van der Waals surface area (Å²) in [5, 5.41) is 13.0. The number of hydrogen-bond acceptors (Lipinski definition) is 7. The van der Waals surface area contributed by atoms with Gasteiger partial charge >= 0.3 is 0 Å². The van der Waals surface area contributed by atoms with Crippen LogP contribution in [0.15, 0.2) is 38.4 Å². The molecule has 23 heavy (non-hydrogen) atoms. The molecule has 3 rings (SSSR count). The number of hydrogen-bond donors (Lipinski definition) is 0. The Morgan fingerprint density at radius 1 is 1.17 bits per heavy atom. The number of nitrogens with zero attached hydrogens (tertiary/aromatic N) is 3. The monoisotopic (exact) mass is 351 g/mol. The highest BCUT2D eigenvalue weighted by atomic mass is 35.5. The van der Waals surface area contributed by atoms with Gasteiger partial charge in [0.2, 0.25) is 0 Å². The van der Waals surface area contributed by atoms with Crippen LogP contribution in [0.2, 0.25) is 5.02 Å². The standard InChI is InChI=1S/C15H14ClN3O3S/c1-9-13(10(2)22-19-9)8-23-15-18-17-14(21-15)7-20-12-5-3-11(16)4-6-12/h3-6H,7-8H2,1-2H3. The quantitative estimate of drug-likeness (QED) is 0.616. The Bertz CT molecular complexity index is 766. The predicted molar refractivity (Wildman–Crippen MR) is 85.6 cm³/mol. The minimum Gasteiger partial charge on any atom is -0.484 e. The number of rotatable bonds is 6. The van der Waals surface area contributed by atoms with Gasteiger partial charge in [-0.1, -0.05) is 28.5 Å². The molecule has 6 nitrogen and oxygen atoms in total. The van der Waals surface area contributed by atoms with E-state index in [-0.39, 0.29) is 6.61 Å². The summed E-state index contributed by atoms with van der Waals surface area (Å²) in [5.74, 6) is 2.58. The van der Waals surface area contributed by atoms with Crippen molar-refractivity contribution in [3.8, 4) is 5.75 Å². The number of benzene rings is 1. The van der Waals surface area contributed by atoms with Crippen molar-refractivity contribution in [3.63, 3.8) is 0 Å². The summed E-state index contributed by atoms with van der Waals surface area (Å²) in [6, 6.07) is 7.09. The fourth-order valence-corrected chi connectivity index (χ4v) is 2.93. The first-order valence-corrected chi connectivity index (χ1v) is 8.23. The molecule has 0 saturated heterocycles. The van der Waals surface area contributed by atoms with E-state index in [1.165, 1.54) is 11.8 Å². The van der Waals surface area contributed by atoms with E-state index >= 15 is 0 Å². The van der Waals surface area contributed by atoms with Gasteiger partial charge in [-0.2, -0.15) is 0 Å². The third kappa shape index (κ3) is 4.05. The zero-order valence-electron chi connectivity index (χ0n) is 12.6. The molecule has 0 aliphatic rings. The fourth-order valence-electron chi connectivity index (χ4n) is 1.87. The first-order valence-electron chi connectivity index (χ1n) is 6.87. The van der Waals surface area contributed by atoms with Crippen LogP contribution in [0.1, 0.15) is 22.9 Å². The van der Waals surface area contributed by atoms with E-state index in [9.17, 15) is 0 Å². The van der Waals surface area contributed by atoms with Gasteiger partial charge in [0.15, 0.2) is 6.61 Å². The highest BCUT2D eigenvalue weighted by Crippen LogP contribution is 2.25. The molecular weight excluding hydrogens is 338 g/mol. The summed E-state index contributed by atoms with van der Waals surface area (Å²) >= 11 is 7.26. The second-order valence-electron chi connectivity index (χ2n) is 4.80. The van der Waals surface area contributed by atoms with Gasteiger partial charge in [0.05, 0.1) is 5.69 Å². The van der Waals surface area contributed by atoms with E-state index in [0.29, 0.717) is 27.6 Å². The Balaban J connectivity index is 1.54. The van der Waals surface area contributed by atoms with Gasteiger partial charge in [0.25, 0.3) is 11.1 Å². The van der Waals surface area contributed by atoms with Crippen LogP contribution in [0.3, 0.4) is 0 Å². The largest absolute Gasteiger partial charge is 0.484 e. The van der Waals surface area contributed by atoms with Crippen molar-refractivity contribution >= 4 is 23.4 Å². The van der Waals surface area contributed by atoms with Gasteiger partial charge in [-0.3, -0.25) is 0 Å². The Labute approximate surface area is 142 Å². The van der Waals surface area contributed by atoms with Gasteiger partial charge in [-0.05, 0) is 38.1 Å². The van der Waals surface area contributed by atoms with Crippen LogP contribution in [-0.4, -0.2) is 15.4 Å². The van der Waals surface area contributed by atoms with Gasteiger partial charge in [-0.15, -0.1) is 10.2 Å². The molecule has 0 bridgehead atoms. The molecular formula is C15H14ClN3O3S. The zero-order chi connectivity index (χ0) is 16.2. The first kappa shape index (κ1) is 15.9. The molecule has 0 N–H and O–H groups in total. The van der Waals surface area contributed by atoms with Crippen molar-refractivity contribution in [2.24, 2.45) is 0 Å². The van der Waals surface area contributed by atoms with Crippen LogP contribution < -0.4 is 4.74 Å². The molecule has 0 aliphatic carbocycles. The van der Waals surface area contributed by atoms with Gasteiger partial charge in [0, 0.05) is 16.3 Å². The van der Waals surface area contributed by atoms with E-state index in [1.54, 1.807) is 24.3 Å². The fraction of sp³-hybridized carbons (Fsp3) is 0.267. The molecule has 0 amide bonds. The molecule has 1 aromatic carbocycles. The highest BCUT2D eigenvalue weighted by molar-refractivity contribution is 7.98. The minimum atomic E-state index is 0.209. The average Bonchev–Trinajstić information content (AvgIpc) is 3.12. The molecule has 2 heterocycles. The maximum Gasteiger partial charge on any atom is 0.277 e. The summed E-state index contributed by atoms with van der Waals surface area (Å²) in [4.78, 5) is 0. The number of ether oxygens (including phenoxy) is 1. The Morgan fingerprint density at radius 2 is 1.96 bits per heavy atom. The number of aryl methyl sites for hydroxylation is 2. The molecule has 0 atom stereocenters. The third-order valence-electron chi connectivity index (χ3n) is 3.15. The minimum absolute atomic E-state index is 0.209. The second kappa shape index (κ2) is 7.06. The van der Waals surface area contributed by atoms with Crippen molar-refractivity contribution in [3.05, 3.63) is 52.2 Å². The van der Waals surface area contributed by atoms with E-state index in [0.717, 1.165) is 17.0 Å². The van der Waals surface area contributed by atoms with Crippen molar-refractivity contribution in [1.29, 1.82) is 0 Å². The summed E-state index contributed by atoms with van der Waals surface area (Å²) in [5.41, 5.74) is 1.92. The molecule has 0 fully saturated rings. The molecule has 0 unspecified atom stereocenters. The van der Waals surface area contributed by atoms with Crippen LogP contribution in [-0.2, 0) is 12.4 Å². The summed E-state index contributed by atoms with van der Waals surface area (Å²) in [7, 11) is 0. The van der Waals surface area contributed by atoms with Crippen molar-refractivity contribution in [1.82, 2.24) is 15.4 Å². The molecule has 8 heteroatoms. The molecule has 120 valence electrons. The predicted octanol–water partition coefficient (Wildman–Crippen LogP) is 4.20. The van der Waals surface area contributed by atoms with Crippen LogP contribution in [0.5, 0.6) is 5.75 Å². The Kier molecular flexibility index (Phi) is 4.88. The second-order valence-corrected chi connectivity index (χ2v) is 6.16. The van der Waals surface area contributed by atoms with E-state index in [4.69, 9.17) is 25.3 Å². The van der Waals surface area contributed by atoms with Crippen LogP contribution >= 0.6 is 23.4 Å². The molecule has 3 aromatic rings. The lowest BCUT2D eigenvalue weighted by Gasteiger charge is -2.02. The smallest absolute Gasteiger partial charge is 0.277 e. The molecule has 2 aromatic heterocycles. The SMILES string of the molecule is Cc1noc(C)c1CSc1nnc(COc2ccc(Cl)cc2)o1. The van der Waals surface area contributed by atoms with Crippen molar-refractivity contribution < 1.29 is 13.7 Å². The lowest BCUT2D eigenvalue weighted by atomic mass is 10.2. The lowest BCUT2D eigenvalue weighted by molar-refractivity contribution is 0.252. The maximum atomic E-state index is 5.82. The highest BCUT2D eigenvalue weighted by Gasteiger charge is 2.13. The zero-order valence-corrected chi connectivity index (χ0v) is 14.1. The average molecular weight is 352 g/mol. The van der Waals surface area contributed by atoms with E-state index in [2.05, 4.69) is 15.4 Å². The number of thioether (sulfide) groups is 1. The molecule has 0 aliphatic heterocycles. The summed E-state index contributed by atoms with van der Waals surface area (Å²) in [6.07, 6.45) is 0. The van der Waals surface area contributed by atoms with E-state index in [1.807, 2.05) is 13.8 Å².